The van der Waals surface area contributed by atoms with Gasteiger partial charge in [-0.2, -0.15) is 0 Å². The maximum Gasteiger partial charge on any atom is 0.342 e. The van der Waals surface area contributed by atoms with Crippen molar-refractivity contribution in [3.05, 3.63) is 10.4 Å². The topological polar surface area (TPSA) is 139 Å². The number of hydrogen-bond donors (Lipinski definition) is 0. The van der Waals surface area contributed by atoms with E-state index in [0.717, 1.165) is 0 Å². The second-order valence-electron chi connectivity index (χ2n) is 5.84. The molecule has 1 heterocycles. The molecule has 0 aromatic rings. The smallest absolute Gasteiger partial charge is 0.342 e. The van der Waals surface area contributed by atoms with E-state index in [0.29, 0.717) is 5.06 Å². The Balaban J connectivity index is 2.62. The number of carbonyl (C=O) groups is 4. The predicted octanol–water partition coefficient (Wildman–Crippen LogP) is 1.39. The fourth-order valence-electron chi connectivity index (χ4n) is 1.74. The van der Waals surface area contributed by atoms with Gasteiger partial charge in [-0.25, -0.2) is 4.79 Å². The molecule has 126 valence electrons. The van der Waals surface area contributed by atoms with Gasteiger partial charge in [-0.05, 0) is 32.7 Å². The van der Waals surface area contributed by atoms with Crippen molar-refractivity contribution in [1.82, 2.24) is 5.06 Å². The maximum atomic E-state index is 11.9. The molecule has 0 radical (unpaired) electrons. The highest BCUT2D eigenvalue weighted by Gasteiger charge is 2.34. The molecule has 1 fully saturated rings. The fraction of sp³-hybridized carbons (Fsp3) is 0.692. The van der Waals surface area contributed by atoms with Crippen molar-refractivity contribution < 1.29 is 28.8 Å². The molecule has 10 heteroatoms. The Morgan fingerprint density at radius 2 is 1.87 bits per heavy atom. The minimum Gasteiger partial charge on any atom is -0.460 e. The van der Waals surface area contributed by atoms with Crippen LogP contribution >= 0.6 is 0 Å². The Labute approximate surface area is 132 Å². The van der Waals surface area contributed by atoms with Gasteiger partial charge in [-0.1, -0.05) is 5.11 Å². The van der Waals surface area contributed by atoms with Gasteiger partial charge in [0.1, 0.15) is 11.6 Å². The number of hydrogen-bond acceptors (Lipinski definition) is 7. The van der Waals surface area contributed by atoms with Crippen LogP contribution in [0.4, 0.5) is 0 Å². The monoisotopic (exact) mass is 326 g/mol. The summed E-state index contributed by atoms with van der Waals surface area (Å²) in [6, 6.07) is -1.34. The Morgan fingerprint density at radius 1 is 1.30 bits per heavy atom. The molecule has 23 heavy (non-hydrogen) atoms. The number of amides is 2. The predicted molar refractivity (Wildman–Crippen MR) is 75.2 cm³/mol. The summed E-state index contributed by atoms with van der Waals surface area (Å²) in [5.74, 6) is -2.93. The summed E-state index contributed by atoms with van der Waals surface area (Å²) < 4.78 is 5.07. The molecule has 10 nitrogen and oxygen atoms in total. The van der Waals surface area contributed by atoms with E-state index in [1.807, 2.05) is 0 Å². The standard InChI is InChI=1S/C13H18N4O6/c1-13(2,3)22-11(20)7-4-8(15-16-14)12(21)23-17-9(18)5-6-10(17)19/h8H,4-7H2,1-3H3/t8-/m0/s1. The lowest BCUT2D eigenvalue weighted by molar-refractivity contribution is -0.198. The van der Waals surface area contributed by atoms with Crippen LogP contribution in [0, 0.1) is 0 Å². The van der Waals surface area contributed by atoms with Gasteiger partial charge in [-0.3, -0.25) is 14.4 Å². The number of imide groups is 1. The lowest BCUT2D eigenvalue weighted by Gasteiger charge is -2.20. The van der Waals surface area contributed by atoms with E-state index in [1.165, 1.54) is 0 Å². The van der Waals surface area contributed by atoms with Crippen molar-refractivity contribution in [2.45, 2.75) is 58.1 Å². The fourth-order valence-corrected chi connectivity index (χ4v) is 1.74. The maximum absolute atomic E-state index is 11.9. The molecule has 0 aromatic carbocycles. The van der Waals surface area contributed by atoms with Crippen LogP contribution in [0.15, 0.2) is 5.11 Å². The normalized spacial score (nSPS) is 15.9. The number of ether oxygens (including phenoxy) is 1. The molecular weight excluding hydrogens is 308 g/mol. The van der Waals surface area contributed by atoms with Crippen LogP contribution in [0.25, 0.3) is 10.4 Å². The third-order valence-electron chi connectivity index (χ3n) is 2.69. The lowest BCUT2D eigenvalue weighted by Crippen LogP contribution is -2.36. The highest BCUT2D eigenvalue weighted by Crippen LogP contribution is 2.16. The zero-order chi connectivity index (χ0) is 17.6. The second-order valence-corrected chi connectivity index (χ2v) is 5.84. The van der Waals surface area contributed by atoms with Crippen molar-refractivity contribution in [2.75, 3.05) is 0 Å². The Hall–Kier alpha value is -2.61. The van der Waals surface area contributed by atoms with Crippen LogP contribution in [-0.4, -0.2) is 40.5 Å². The minimum absolute atomic E-state index is 0.0454. The summed E-state index contributed by atoms with van der Waals surface area (Å²) in [7, 11) is 0. The first-order valence-corrected chi connectivity index (χ1v) is 6.97. The summed E-state index contributed by atoms with van der Waals surface area (Å²) >= 11 is 0. The first-order chi connectivity index (χ1) is 10.6. The molecule has 1 aliphatic rings. The summed E-state index contributed by atoms with van der Waals surface area (Å²) in [4.78, 5) is 53.4. The number of nitrogens with zero attached hydrogens (tertiary/aromatic N) is 4. The van der Waals surface area contributed by atoms with Gasteiger partial charge in [0.15, 0.2) is 0 Å². The lowest BCUT2D eigenvalue weighted by atomic mass is 10.1. The zero-order valence-corrected chi connectivity index (χ0v) is 13.1. The molecule has 1 rings (SSSR count). The van der Waals surface area contributed by atoms with Gasteiger partial charge in [0, 0.05) is 24.2 Å². The summed E-state index contributed by atoms with van der Waals surface area (Å²) in [6.07, 6.45) is -0.432. The molecule has 0 spiro atoms. The number of carbonyl (C=O) groups excluding carboxylic acids is 4. The quantitative estimate of drug-likeness (QED) is 0.237. The zero-order valence-electron chi connectivity index (χ0n) is 13.1. The largest absolute Gasteiger partial charge is 0.460 e. The molecular formula is C13H18N4O6. The number of rotatable bonds is 6. The third-order valence-corrected chi connectivity index (χ3v) is 2.69. The molecule has 1 aliphatic heterocycles. The van der Waals surface area contributed by atoms with Crippen molar-refractivity contribution in [2.24, 2.45) is 5.11 Å². The molecule has 2 amide bonds. The van der Waals surface area contributed by atoms with E-state index in [2.05, 4.69) is 14.9 Å². The first-order valence-electron chi connectivity index (χ1n) is 6.97. The number of esters is 1. The van der Waals surface area contributed by atoms with Gasteiger partial charge in [0.25, 0.3) is 11.8 Å². The Kier molecular flexibility index (Phi) is 6.09. The van der Waals surface area contributed by atoms with Crippen molar-refractivity contribution in [3.8, 4) is 0 Å². The van der Waals surface area contributed by atoms with Crippen LogP contribution < -0.4 is 0 Å². The van der Waals surface area contributed by atoms with Crippen molar-refractivity contribution in [1.29, 1.82) is 0 Å². The van der Waals surface area contributed by atoms with E-state index in [1.54, 1.807) is 20.8 Å². The average Bonchev–Trinajstić information content (AvgIpc) is 2.73. The third kappa shape index (κ3) is 5.95. The molecule has 0 saturated carbocycles. The minimum atomic E-state index is -1.34. The van der Waals surface area contributed by atoms with Crippen molar-refractivity contribution in [3.63, 3.8) is 0 Å². The average molecular weight is 326 g/mol. The van der Waals surface area contributed by atoms with Crippen LogP contribution in [-0.2, 0) is 28.8 Å². The summed E-state index contributed by atoms with van der Waals surface area (Å²) in [6.45, 7) is 5.07. The molecule has 1 saturated heterocycles. The van der Waals surface area contributed by atoms with Crippen LogP contribution in [0.2, 0.25) is 0 Å². The molecule has 0 unspecified atom stereocenters. The summed E-state index contributed by atoms with van der Waals surface area (Å²) in [5.41, 5.74) is 7.81. The van der Waals surface area contributed by atoms with Crippen molar-refractivity contribution >= 4 is 23.8 Å². The molecule has 1 atom stereocenters. The van der Waals surface area contributed by atoms with E-state index in [4.69, 9.17) is 10.3 Å². The van der Waals surface area contributed by atoms with E-state index in [9.17, 15) is 19.2 Å². The van der Waals surface area contributed by atoms with Gasteiger partial charge in [0.05, 0.1) is 0 Å². The Morgan fingerprint density at radius 3 is 2.35 bits per heavy atom. The second kappa shape index (κ2) is 7.59. The Bertz CT molecular complexity index is 545. The first kappa shape index (κ1) is 18.4. The van der Waals surface area contributed by atoms with Gasteiger partial charge < -0.3 is 9.57 Å². The molecule has 0 aromatic heterocycles. The van der Waals surface area contributed by atoms with Crippen LogP contribution in [0.3, 0.4) is 0 Å². The van der Waals surface area contributed by atoms with E-state index >= 15 is 0 Å². The van der Waals surface area contributed by atoms with Gasteiger partial charge in [-0.15, -0.1) is 5.06 Å². The molecule has 0 aliphatic carbocycles. The summed E-state index contributed by atoms with van der Waals surface area (Å²) in [5, 5.41) is 3.59. The SMILES string of the molecule is CC(C)(C)OC(=O)CC[C@H](N=[N+]=[N-])C(=O)ON1C(=O)CCC1=O. The number of azide groups is 1. The highest BCUT2D eigenvalue weighted by molar-refractivity contribution is 6.01. The molecule has 0 bridgehead atoms. The number of hydroxylamine groups is 2. The highest BCUT2D eigenvalue weighted by atomic mass is 16.7. The molecule has 0 N–H and O–H groups in total. The van der Waals surface area contributed by atoms with Gasteiger partial charge >= 0.3 is 11.9 Å². The van der Waals surface area contributed by atoms with E-state index in [-0.39, 0.29) is 25.7 Å². The van der Waals surface area contributed by atoms with Gasteiger partial charge in [0.2, 0.25) is 0 Å². The van der Waals surface area contributed by atoms with Crippen LogP contribution in [0.1, 0.15) is 46.5 Å². The van der Waals surface area contributed by atoms with E-state index < -0.39 is 35.4 Å². The van der Waals surface area contributed by atoms with Crippen LogP contribution in [0.5, 0.6) is 0 Å².